The summed E-state index contributed by atoms with van der Waals surface area (Å²) in [6.07, 6.45) is 8.16. The van der Waals surface area contributed by atoms with Crippen LogP contribution in [0.25, 0.3) is 0 Å². The maximum absolute atomic E-state index is 13.3. The van der Waals surface area contributed by atoms with E-state index in [0.29, 0.717) is 22.9 Å². The molecule has 37 heavy (non-hydrogen) atoms. The summed E-state index contributed by atoms with van der Waals surface area (Å²) in [4.78, 5) is 18.1. The van der Waals surface area contributed by atoms with Crippen LogP contribution < -0.4 is 4.90 Å². The minimum Gasteiger partial charge on any atom is -0.481 e. The maximum atomic E-state index is 13.3. The topological polar surface area (TPSA) is 53.4 Å². The third-order valence-electron chi connectivity index (χ3n) is 6.58. The lowest BCUT2D eigenvalue weighted by molar-refractivity contribution is -0.136. The molecule has 1 aromatic heterocycles. The first kappa shape index (κ1) is 28.8. The van der Waals surface area contributed by atoms with E-state index in [1.807, 2.05) is 10.3 Å². The molecule has 2 aliphatic carbocycles. The molecule has 1 fully saturated rings. The lowest BCUT2D eigenvalue weighted by atomic mass is 9.91. The summed E-state index contributed by atoms with van der Waals surface area (Å²) in [5.41, 5.74) is 0.499. The van der Waals surface area contributed by atoms with Crippen LogP contribution in [0.4, 0.5) is 27.1 Å². The number of thiazole rings is 1. The number of hydrogen-bond acceptors (Lipinski definition) is 4. The molecule has 2 atom stereocenters. The van der Waals surface area contributed by atoms with Gasteiger partial charge >= 0.3 is 12.1 Å². The van der Waals surface area contributed by atoms with Crippen LogP contribution in [0.1, 0.15) is 57.1 Å². The van der Waals surface area contributed by atoms with Crippen LogP contribution in [-0.4, -0.2) is 41.2 Å². The van der Waals surface area contributed by atoms with Crippen molar-refractivity contribution in [2.75, 3.05) is 11.4 Å². The molecule has 0 aromatic carbocycles. The highest BCUT2D eigenvalue weighted by Crippen LogP contribution is 2.37. The number of carboxylic acid groups (broad SMARTS) is 1. The van der Waals surface area contributed by atoms with Gasteiger partial charge in [0.05, 0.1) is 23.6 Å². The molecule has 1 saturated carbocycles. The Bertz CT molecular complexity index is 1070. The molecule has 202 valence electrons. The minimum atomic E-state index is -4.48. The predicted molar refractivity (Wildman–Crippen MR) is 136 cm³/mol. The van der Waals surface area contributed by atoms with Crippen LogP contribution in [0.5, 0.6) is 0 Å². The molecule has 3 rings (SSSR count). The number of rotatable bonds is 11. The quantitative estimate of drug-likeness (QED) is 0.229. The highest BCUT2D eigenvalue weighted by Gasteiger charge is 2.31. The van der Waals surface area contributed by atoms with E-state index < -0.39 is 36.0 Å². The first-order valence-corrected chi connectivity index (χ1v) is 13.2. The number of aromatic nitrogens is 1. The number of alkyl halides is 5. The molecule has 0 saturated heterocycles. The summed E-state index contributed by atoms with van der Waals surface area (Å²) in [6, 6.07) is 0.187. The Morgan fingerprint density at radius 3 is 2.62 bits per heavy atom. The Hall–Kier alpha value is -2.75. The van der Waals surface area contributed by atoms with Crippen LogP contribution in [-0.2, 0) is 4.79 Å². The Balaban J connectivity index is 1.92. The monoisotopic (exact) mass is 542 g/mol. The van der Waals surface area contributed by atoms with Gasteiger partial charge < -0.3 is 10.0 Å². The molecular formula is C27H31F5N2O2S. The van der Waals surface area contributed by atoms with Crippen LogP contribution in [0, 0.1) is 5.92 Å². The van der Waals surface area contributed by atoms with E-state index in [1.54, 1.807) is 18.2 Å². The second kappa shape index (κ2) is 13.2. The number of halogens is 5. The lowest BCUT2D eigenvalue weighted by Crippen LogP contribution is -2.35. The van der Waals surface area contributed by atoms with Crippen molar-refractivity contribution in [1.82, 2.24) is 4.98 Å². The Labute approximate surface area is 217 Å². The van der Waals surface area contributed by atoms with Gasteiger partial charge in [-0.15, -0.1) is 11.3 Å². The zero-order valence-electron chi connectivity index (χ0n) is 20.5. The Morgan fingerprint density at radius 1 is 1.27 bits per heavy atom. The number of hydrogen-bond donors (Lipinski definition) is 1. The fourth-order valence-electron chi connectivity index (χ4n) is 4.58. The summed E-state index contributed by atoms with van der Waals surface area (Å²) >= 11 is 1.36. The third-order valence-corrected chi connectivity index (χ3v) is 7.47. The molecule has 0 amide bonds. The van der Waals surface area contributed by atoms with Gasteiger partial charge in [0.15, 0.2) is 5.13 Å². The average molecular weight is 543 g/mol. The summed E-state index contributed by atoms with van der Waals surface area (Å²) in [7, 11) is 0. The molecule has 1 aromatic rings. The summed E-state index contributed by atoms with van der Waals surface area (Å²) in [6.45, 7) is 1.63. The van der Waals surface area contributed by atoms with Crippen LogP contribution >= 0.6 is 11.3 Å². The number of carbonyl (C=O) groups is 1. The SMILES string of the molecule is C/C=C(\C=C/CC(C1=CC=CC(C(F)F)C=C1)c1csc(N(CCC(=O)O)C2CCCC2)n1)C(F)(F)F. The van der Waals surface area contributed by atoms with Gasteiger partial charge in [0.2, 0.25) is 6.43 Å². The second-order valence-corrected chi connectivity index (χ2v) is 9.92. The molecule has 0 bridgehead atoms. The van der Waals surface area contributed by atoms with Crippen molar-refractivity contribution in [2.45, 2.75) is 70.0 Å². The largest absolute Gasteiger partial charge is 0.481 e. The number of anilines is 1. The number of allylic oxidation sites excluding steroid dienone is 10. The summed E-state index contributed by atoms with van der Waals surface area (Å²) in [5.74, 6) is -2.42. The van der Waals surface area contributed by atoms with E-state index in [0.717, 1.165) is 37.8 Å². The predicted octanol–water partition coefficient (Wildman–Crippen LogP) is 7.84. The van der Waals surface area contributed by atoms with Gasteiger partial charge in [0, 0.05) is 23.9 Å². The van der Waals surface area contributed by atoms with Gasteiger partial charge in [-0.2, -0.15) is 13.2 Å². The fraction of sp³-hybridized carbons (Fsp3) is 0.481. The van der Waals surface area contributed by atoms with E-state index >= 15 is 0 Å². The van der Waals surface area contributed by atoms with E-state index in [1.165, 1.54) is 36.5 Å². The first-order chi connectivity index (χ1) is 17.6. The van der Waals surface area contributed by atoms with E-state index in [2.05, 4.69) is 0 Å². The van der Waals surface area contributed by atoms with Gasteiger partial charge in [-0.25, -0.2) is 13.8 Å². The van der Waals surface area contributed by atoms with Crippen molar-refractivity contribution >= 4 is 22.4 Å². The Morgan fingerprint density at radius 2 is 2.00 bits per heavy atom. The van der Waals surface area contributed by atoms with Crippen molar-refractivity contribution in [3.05, 3.63) is 70.8 Å². The summed E-state index contributed by atoms with van der Waals surface area (Å²) in [5, 5.41) is 11.7. The van der Waals surface area contributed by atoms with Crippen molar-refractivity contribution < 1.29 is 31.9 Å². The molecule has 1 heterocycles. The van der Waals surface area contributed by atoms with Gasteiger partial charge in [-0.3, -0.25) is 4.79 Å². The normalized spacial score (nSPS) is 20.0. The van der Waals surface area contributed by atoms with E-state index in [9.17, 15) is 31.9 Å². The highest BCUT2D eigenvalue weighted by molar-refractivity contribution is 7.13. The third kappa shape index (κ3) is 8.12. The zero-order valence-corrected chi connectivity index (χ0v) is 21.3. The van der Waals surface area contributed by atoms with Crippen LogP contribution in [0.15, 0.2) is 65.1 Å². The molecule has 2 aliphatic rings. The highest BCUT2D eigenvalue weighted by atomic mass is 32.1. The van der Waals surface area contributed by atoms with Crippen molar-refractivity contribution in [2.24, 2.45) is 5.92 Å². The molecule has 2 unspecified atom stereocenters. The molecule has 4 nitrogen and oxygen atoms in total. The maximum Gasteiger partial charge on any atom is 0.416 e. The molecular weight excluding hydrogens is 511 g/mol. The number of carboxylic acids is 1. The van der Waals surface area contributed by atoms with Gasteiger partial charge in [0.25, 0.3) is 0 Å². The fourth-order valence-corrected chi connectivity index (χ4v) is 5.56. The van der Waals surface area contributed by atoms with Crippen LogP contribution in [0.3, 0.4) is 0 Å². The molecule has 0 aliphatic heterocycles. The van der Waals surface area contributed by atoms with E-state index in [-0.39, 0.29) is 18.9 Å². The standard InChI is InChI=1S/C27H31F5N2O2S/c1-2-20(27(30,31)32)9-6-12-22(18-7-5-8-19(14-13-18)25(28)29)23-17-37-26(33-23)34(16-15-24(35)36)21-10-3-4-11-21/h2,5-9,13-14,17,19,21-22,25H,3-4,10-12,15-16H2,1H3,(H,35,36)/b9-6-,20-2+. The van der Waals surface area contributed by atoms with Gasteiger partial charge in [-0.05, 0) is 31.8 Å². The molecule has 0 radical (unpaired) electrons. The molecule has 1 N–H and O–H groups in total. The van der Waals surface area contributed by atoms with Gasteiger partial charge in [-0.1, -0.05) is 61.4 Å². The second-order valence-electron chi connectivity index (χ2n) is 9.09. The average Bonchev–Trinajstić information content (AvgIpc) is 3.47. The zero-order chi connectivity index (χ0) is 27.0. The van der Waals surface area contributed by atoms with Crippen LogP contribution in [0.2, 0.25) is 0 Å². The summed E-state index contributed by atoms with van der Waals surface area (Å²) < 4.78 is 66.1. The van der Waals surface area contributed by atoms with Gasteiger partial charge in [0.1, 0.15) is 0 Å². The lowest BCUT2D eigenvalue weighted by Gasteiger charge is -2.28. The number of nitrogens with zero attached hydrogens (tertiary/aromatic N) is 2. The number of aliphatic carboxylic acids is 1. The van der Waals surface area contributed by atoms with Crippen molar-refractivity contribution in [1.29, 1.82) is 0 Å². The minimum absolute atomic E-state index is 0.0329. The van der Waals surface area contributed by atoms with E-state index in [4.69, 9.17) is 4.98 Å². The Kier molecular flexibility index (Phi) is 10.3. The molecule has 0 spiro atoms. The van der Waals surface area contributed by atoms with Crippen molar-refractivity contribution in [3.8, 4) is 0 Å². The smallest absolute Gasteiger partial charge is 0.416 e. The first-order valence-electron chi connectivity index (χ1n) is 12.3. The van der Waals surface area contributed by atoms with Crippen molar-refractivity contribution in [3.63, 3.8) is 0 Å². The molecule has 10 heteroatoms.